The van der Waals surface area contributed by atoms with Crippen molar-refractivity contribution in [2.24, 2.45) is 0 Å². The summed E-state index contributed by atoms with van der Waals surface area (Å²) in [5.74, 6) is 0.438. The average Bonchev–Trinajstić information content (AvgIpc) is 3.06. The van der Waals surface area contributed by atoms with E-state index < -0.39 is 10.8 Å². The Bertz CT molecular complexity index is 767. The number of benzene rings is 2. The molecular formula is C17H15NO2S2. The van der Waals surface area contributed by atoms with E-state index in [0.717, 1.165) is 22.4 Å². The topological polar surface area (TPSA) is 50.2 Å². The van der Waals surface area contributed by atoms with Gasteiger partial charge in [0.15, 0.2) is 4.34 Å². The smallest absolute Gasteiger partial charge is 0.181 e. The second-order valence-corrected chi connectivity index (χ2v) is 7.31. The molecule has 0 bridgehead atoms. The van der Waals surface area contributed by atoms with Crippen LogP contribution in [0.2, 0.25) is 0 Å². The van der Waals surface area contributed by atoms with Crippen LogP contribution < -0.4 is 0 Å². The Labute approximate surface area is 135 Å². The molecule has 3 nitrogen and oxygen atoms in total. The van der Waals surface area contributed by atoms with Gasteiger partial charge < -0.3 is 5.11 Å². The van der Waals surface area contributed by atoms with E-state index in [-0.39, 0.29) is 6.61 Å². The highest BCUT2D eigenvalue weighted by molar-refractivity contribution is 7.86. The van der Waals surface area contributed by atoms with Gasteiger partial charge in [-0.3, -0.25) is 4.21 Å². The Kier molecular flexibility index (Phi) is 4.77. The molecule has 3 aromatic rings. The number of nitrogens with zero attached hydrogens (tertiary/aromatic N) is 1. The molecule has 0 aliphatic heterocycles. The van der Waals surface area contributed by atoms with Gasteiger partial charge in [-0.15, -0.1) is 11.3 Å². The highest BCUT2D eigenvalue weighted by Crippen LogP contribution is 2.24. The van der Waals surface area contributed by atoms with Crippen molar-refractivity contribution in [3.63, 3.8) is 0 Å². The van der Waals surface area contributed by atoms with E-state index in [2.05, 4.69) is 4.98 Å². The third kappa shape index (κ3) is 3.50. The Hall–Kier alpha value is -1.82. The van der Waals surface area contributed by atoms with Gasteiger partial charge in [-0.2, -0.15) is 0 Å². The quantitative estimate of drug-likeness (QED) is 0.778. The molecule has 0 amide bonds. The summed E-state index contributed by atoms with van der Waals surface area (Å²) in [7, 11) is -1.15. The monoisotopic (exact) mass is 329 g/mol. The summed E-state index contributed by atoms with van der Waals surface area (Å²) in [6.45, 7) is 0.0241. The second kappa shape index (κ2) is 6.96. The predicted octanol–water partition coefficient (Wildman–Crippen LogP) is 3.61. The summed E-state index contributed by atoms with van der Waals surface area (Å²) < 4.78 is 13.1. The van der Waals surface area contributed by atoms with E-state index >= 15 is 0 Å². The van der Waals surface area contributed by atoms with Crippen LogP contribution in [0.1, 0.15) is 11.1 Å². The summed E-state index contributed by atoms with van der Waals surface area (Å²) in [6, 6.07) is 17.4. The fourth-order valence-electron chi connectivity index (χ4n) is 2.06. The van der Waals surface area contributed by atoms with Gasteiger partial charge >= 0.3 is 0 Å². The van der Waals surface area contributed by atoms with Crippen LogP contribution in [-0.4, -0.2) is 14.3 Å². The molecule has 112 valence electrons. The van der Waals surface area contributed by atoms with E-state index in [9.17, 15) is 4.21 Å². The number of aromatic nitrogens is 1. The van der Waals surface area contributed by atoms with Gasteiger partial charge in [0.1, 0.15) is 0 Å². The van der Waals surface area contributed by atoms with Gasteiger partial charge in [-0.1, -0.05) is 54.6 Å². The fourth-order valence-corrected chi connectivity index (χ4v) is 4.18. The number of hydrogen-bond donors (Lipinski definition) is 1. The molecule has 0 aliphatic carbocycles. The number of rotatable bonds is 5. The zero-order valence-corrected chi connectivity index (χ0v) is 13.4. The van der Waals surface area contributed by atoms with Crippen LogP contribution in [-0.2, 0) is 23.2 Å². The van der Waals surface area contributed by atoms with Crippen molar-refractivity contribution >= 4 is 22.1 Å². The molecule has 1 unspecified atom stereocenters. The Balaban J connectivity index is 1.74. The van der Waals surface area contributed by atoms with Crippen LogP contribution >= 0.6 is 11.3 Å². The van der Waals surface area contributed by atoms with Gasteiger partial charge in [0, 0.05) is 10.9 Å². The summed E-state index contributed by atoms with van der Waals surface area (Å²) in [6.07, 6.45) is 0. The molecule has 22 heavy (non-hydrogen) atoms. The molecule has 0 spiro atoms. The highest BCUT2D eigenvalue weighted by atomic mass is 32.2. The summed E-state index contributed by atoms with van der Waals surface area (Å²) in [5.41, 5.74) is 3.74. The maximum atomic E-state index is 12.4. The Morgan fingerprint density at radius 1 is 1.00 bits per heavy atom. The molecular weight excluding hydrogens is 314 g/mol. The van der Waals surface area contributed by atoms with E-state index in [1.165, 1.54) is 11.3 Å². The minimum Gasteiger partial charge on any atom is -0.392 e. The molecule has 0 aliphatic rings. The third-order valence-corrected chi connectivity index (χ3v) is 5.81. The lowest BCUT2D eigenvalue weighted by atomic mass is 10.2. The fraction of sp³-hybridized carbons (Fsp3) is 0.118. The first kappa shape index (κ1) is 15.1. The van der Waals surface area contributed by atoms with Crippen LogP contribution in [0.3, 0.4) is 0 Å². The zero-order chi connectivity index (χ0) is 15.4. The van der Waals surface area contributed by atoms with E-state index in [4.69, 9.17) is 5.11 Å². The van der Waals surface area contributed by atoms with Gasteiger partial charge in [-0.05, 0) is 11.1 Å². The van der Waals surface area contributed by atoms with Crippen LogP contribution in [0.4, 0.5) is 0 Å². The molecule has 3 rings (SSSR count). The zero-order valence-electron chi connectivity index (χ0n) is 11.8. The Morgan fingerprint density at radius 3 is 2.36 bits per heavy atom. The number of aliphatic hydroxyl groups excluding tert-OH is 1. The molecule has 0 radical (unpaired) electrons. The summed E-state index contributed by atoms with van der Waals surface area (Å²) in [4.78, 5) is 4.49. The van der Waals surface area contributed by atoms with Crippen molar-refractivity contribution in [1.82, 2.24) is 4.98 Å². The molecule has 0 fully saturated rings. The minimum absolute atomic E-state index is 0.0241. The number of aliphatic hydroxyl groups is 1. The van der Waals surface area contributed by atoms with Gasteiger partial charge in [0.2, 0.25) is 0 Å². The molecule has 1 heterocycles. The standard InChI is InChI=1S/C17H15NO2S2/c19-10-13-6-8-14(9-7-13)12-22(20)17-18-16(11-21-17)15-4-2-1-3-5-15/h1-9,11,19H,10,12H2. The normalized spacial score (nSPS) is 12.2. The Morgan fingerprint density at radius 2 is 1.68 bits per heavy atom. The van der Waals surface area contributed by atoms with Crippen LogP contribution in [0.15, 0.2) is 64.3 Å². The maximum absolute atomic E-state index is 12.4. The average molecular weight is 329 g/mol. The van der Waals surface area contributed by atoms with Gasteiger partial charge in [0.25, 0.3) is 0 Å². The van der Waals surface area contributed by atoms with Crippen LogP contribution in [0.5, 0.6) is 0 Å². The van der Waals surface area contributed by atoms with Crippen molar-refractivity contribution < 1.29 is 9.32 Å². The van der Waals surface area contributed by atoms with Crippen molar-refractivity contribution in [2.45, 2.75) is 16.7 Å². The molecule has 2 aromatic carbocycles. The number of hydrogen-bond acceptors (Lipinski definition) is 4. The molecule has 1 N–H and O–H groups in total. The van der Waals surface area contributed by atoms with Crippen molar-refractivity contribution in [1.29, 1.82) is 0 Å². The predicted molar refractivity (Wildman–Crippen MR) is 90.0 cm³/mol. The van der Waals surface area contributed by atoms with Crippen LogP contribution in [0.25, 0.3) is 11.3 Å². The van der Waals surface area contributed by atoms with E-state index in [1.54, 1.807) is 0 Å². The molecule has 5 heteroatoms. The first-order valence-electron chi connectivity index (χ1n) is 6.84. The highest BCUT2D eigenvalue weighted by Gasteiger charge is 2.11. The third-order valence-electron chi connectivity index (χ3n) is 3.25. The maximum Gasteiger partial charge on any atom is 0.181 e. The van der Waals surface area contributed by atoms with Crippen LogP contribution in [0, 0.1) is 0 Å². The lowest BCUT2D eigenvalue weighted by Gasteiger charge is -2.01. The lowest BCUT2D eigenvalue weighted by molar-refractivity contribution is 0.282. The van der Waals surface area contributed by atoms with Crippen molar-refractivity contribution in [3.05, 3.63) is 71.1 Å². The molecule has 1 aromatic heterocycles. The van der Waals surface area contributed by atoms with Crippen molar-refractivity contribution in [3.8, 4) is 11.3 Å². The largest absolute Gasteiger partial charge is 0.392 e. The van der Waals surface area contributed by atoms with Gasteiger partial charge in [0.05, 0.1) is 28.9 Å². The van der Waals surface area contributed by atoms with E-state index in [1.807, 2.05) is 60.0 Å². The van der Waals surface area contributed by atoms with Gasteiger partial charge in [-0.25, -0.2) is 4.98 Å². The molecule has 1 atom stereocenters. The lowest BCUT2D eigenvalue weighted by Crippen LogP contribution is -1.96. The minimum atomic E-state index is -1.15. The summed E-state index contributed by atoms with van der Waals surface area (Å²) >= 11 is 1.43. The first-order valence-corrected chi connectivity index (χ1v) is 9.04. The van der Waals surface area contributed by atoms with E-state index in [0.29, 0.717) is 10.1 Å². The van der Waals surface area contributed by atoms with Crippen molar-refractivity contribution in [2.75, 3.05) is 0 Å². The first-order chi connectivity index (χ1) is 10.8. The SMILES string of the molecule is O=S(Cc1ccc(CO)cc1)c1nc(-c2ccccc2)cs1. The molecule has 0 saturated carbocycles. The summed E-state index contributed by atoms with van der Waals surface area (Å²) in [5, 5.41) is 11.0. The molecule has 0 saturated heterocycles. The second-order valence-electron chi connectivity index (χ2n) is 4.83. The number of thiazole rings is 1.